The van der Waals surface area contributed by atoms with Gasteiger partial charge in [-0.3, -0.25) is 0 Å². The van der Waals surface area contributed by atoms with Crippen molar-refractivity contribution < 1.29 is 0 Å². The van der Waals surface area contributed by atoms with E-state index in [9.17, 15) is 0 Å². The first-order chi connectivity index (χ1) is 8.86. The molecule has 0 atom stereocenters. The topological polar surface area (TPSA) is 43.1 Å². The van der Waals surface area contributed by atoms with Crippen LogP contribution in [0.25, 0.3) is 11.4 Å². The highest BCUT2D eigenvalue weighted by atomic mass is 32.2. The second-order valence-electron chi connectivity index (χ2n) is 3.62. The van der Waals surface area contributed by atoms with E-state index in [0.29, 0.717) is 0 Å². The first kappa shape index (κ1) is 12.8. The van der Waals surface area contributed by atoms with Crippen molar-refractivity contribution >= 4 is 18.0 Å². The molecule has 0 aliphatic carbocycles. The molecule has 1 aromatic carbocycles. The molecule has 18 heavy (non-hydrogen) atoms. The Morgan fingerprint density at radius 2 is 2.00 bits per heavy atom. The Morgan fingerprint density at radius 3 is 2.67 bits per heavy atom. The average molecular weight is 260 g/mol. The second kappa shape index (κ2) is 6.35. The van der Waals surface area contributed by atoms with Crippen molar-refractivity contribution in [2.75, 3.05) is 5.75 Å². The van der Waals surface area contributed by atoms with E-state index in [1.807, 2.05) is 41.2 Å². The normalized spacial score (nSPS) is 11.2. The molecule has 0 unspecified atom stereocenters. The summed E-state index contributed by atoms with van der Waals surface area (Å²) in [4.78, 5) is 0. The van der Waals surface area contributed by atoms with Crippen molar-refractivity contribution in [2.45, 2.75) is 25.4 Å². The van der Waals surface area contributed by atoms with E-state index in [1.165, 1.54) is 0 Å². The maximum absolute atomic E-state index is 4.43. The molecule has 0 spiro atoms. The molecule has 0 saturated carbocycles. The van der Waals surface area contributed by atoms with Crippen molar-refractivity contribution in [3.63, 3.8) is 0 Å². The van der Waals surface area contributed by atoms with Crippen LogP contribution >= 0.6 is 11.8 Å². The van der Waals surface area contributed by atoms with Gasteiger partial charge in [0.1, 0.15) is 0 Å². The van der Waals surface area contributed by atoms with E-state index in [2.05, 4.69) is 29.1 Å². The van der Waals surface area contributed by atoms with Gasteiger partial charge in [-0.2, -0.15) is 9.78 Å². The van der Waals surface area contributed by atoms with Crippen molar-refractivity contribution in [1.82, 2.24) is 14.9 Å². The third-order valence-corrected chi connectivity index (χ3v) is 3.10. The predicted octanol–water partition coefficient (Wildman–Crippen LogP) is 3.30. The van der Waals surface area contributed by atoms with Crippen LogP contribution in [0.4, 0.5) is 0 Å². The summed E-state index contributed by atoms with van der Waals surface area (Å²) >= 11 is 1.64. The fourth-order valence-electron chi connectivity index (χ4n) is 1.52. The maximum Gasteiger partial charge on any atom is 0.212 e. The number of thioether (sulfide) groups is 1. The summed E-state index contributed by atoms with van der Waals surface area (Å²) in [5.74, 6) is 1.74. The molecule has 5 heteroatoms. The van der Waals surface area contributed by atoms with Crippen LogP contribution in [-0.2, 0) is 0 Å². The molecule has 0 radical (unpaired) electrons. The van der Waals surface area contributed by atoms with Crippen LogP contribution < -0.4 is 0 Å². The summed E-state index contributed by atoms with van der Waals surface area (Å²) in [6, 6.07) is 10.0. The highest BCUT2D eigenvalue weighted by Gasteiger charge is 2.12. The van der Waals surface area contributed by atoms with Crippen LogP contribution in [-0.4, -0.2) is 26.8 Å². The molecule has 0 aliphatic heterocycles. The Hall–Kier alpha value is -1.62. The molecule has 0 fully saturated rings. The zero-order chi connectivity index (χ0) is 12.8. The molecule has 0 aliphatic rings. The molecule has 0 saturated heterocycles. The molecule has 1 heterocycles. The standard InChI is InChI=1S/C13H16N4S/c1-3-10-14-17-12(11-8-6-5-7-9-11)15-16-13(17)18-4-2/h5-10H,3-4H2,1-2H3. The third-order valence-electron chi connectivity index (χ3n) is 2.30. The first-order valence-corrected chi connectivity index (χ1v) is 7.01. The number of aromatic nitrogens is 3. The van der Waals surface area contributed by atoms with Crippen LogP contribution in [0.2, 0.25) is 0 Å². The minimum atomic E-state index is 0.788. The fraction of sp³-hybridized carbons (Fsp3) is 0.308. The highest BCUT2D eigenvalue weighted by molar-refractivity contribution is 7.99. The molecule has 94 valence electrons. The first-order valence-electron chi connectivity index (χ1n) is 6.03. The Morgan fingerprint density at radius 1 is 1.22 bits per heavy atom. The lowest BCUT2D eigenvalue weighted by Crippen LogP contribution is -1.96. The Balaban J connectivity index is 2.44. The van der Waals surface area contributed by atoms with Gasteiger partial charge < -0.3 is 0 Å². The summed E-state index contributed by atoms with van der Waals surface area (Å²) in [7, 11) is 0. The molecule has 2 rings (SSSR count). The van der Waals surface area contributed by atoms with E-state index in [0.717, 1.165) is 28.7 Å². The van der Waals surface area contributed by atoms with Crippen LogP contribution in [0.3, 0.4) is 0 Å². The van der Waals surface area contributed by atoms with Gasteiger partial charge in [0.15, 0.2) is 5.82 Å². The van der Waals surface area contributed by atoms with Gasteiger partial charge in [-0.15, -0.1) is 10.2 Å². The largest absolute Gasteiger partial charge is 0.212 e. The second-order valence-corrected chi connectivity index (χ2v) is 4.85. The molecule has 1 aromatic heterocycles. The lowest BCUT2D eigenvalue weighted by Gasteiger charge is -2.02. The van der Waals surface area contributed by atoms with Crippen molar-refractivity contribution in [3.8, 4) is 11.4 Å². The van der Waals surface area contributed by atoms with Gasteiger partial charge >= 0.3 is 0 Å². The summed E-state index contributed by atoms with van der Waals surface area (Å²) in [6.07, 6.45) is 2.76. The van der Waals surface area contributed by atoms with Gasteiger partial charge in [0.2, 0.25) is 5.16 Å². The summed E-state index contributed by atoms with van der Waals surface area (Å²) < 4.78 is 1.81. The van der Waals surface area contributed by atoms with Gasteiger partial charge in [-0.05, 0) is 12.2 Å². The SMILES string of the molecule is CCC=Nn1c(SCC)nnc1-c1ccccc1. The lowest BCUT2D eigenvalue weighted by atomic mass is 10.2. The number of nitrogens with zero attached hydrogens (tertiary/aromatic N) is 4. The number of hydrogen-bond donors (Lipinski definition) is 0. The molecule has 4 nitrogen and oxygen atoms in total. The molecular formula is C13H16N4S. The van der Waals surface area contributed by atoms with E-state index >= 15 is 0 Å². The highest BCUT2D eigenvalue weighted by Crippen LogP contribution is 2.23. The quantitative estimate of drug-likeness (QED) is 0.612. The van der Waals surface area contributed by atoms with Crippen LogP contribution in [0.1, 0.15) is 20.3 Å². The number of hydrogen-bond acceptors (Lipinski definition) is 4. The molecule has 2 aromatic rings. The Bertz CT molecular complexity index is 519. The predicted molar refractivity (Wildman–Crippen MR) is 76.0 cm³/mol. The summed E-state index contributed by atoms with van der Waals surface area (Å²) in [5, 5.41) is 13.7. The van der Waals surface area contributed by atoms with Crippen LogP contribution in [0, 0.1) is 0 Å². The maximum atomic E-state index is 4.43. The molecule has 0 N–H and O–H groups in total. The van der Waals surface area contributed by atoms with Crippen LogP contribution in [0.15, 0.2) is 40.6 Å². The molecule has 0 bridgehead atoms. The van der Waals surface area contributed by atoms with Gasteiger partial charge in [-0.1, -0.05) is 55.9 Å². The van der Waals surface area contributed by atoms with Gasteiger partial charge in [0.25, 0.3) is 0 Å². The Labute approximate surface area is 111 Å². The van der Waals surface area contributed by atoms with E-state index in [-0.39, 0.29) is 0 Å². The lowest BCUT2D eigenvalue weighted by molar-refractivity contribution is 0.770. The van der Waals surface area contributed by atoms with Crippen molar-refractivity contribution in [1.29, 1.82) is 0 Å². The zero-order valence-electron chi connectivity index (χ0n) is 10.6. The minimum absolute atomic E-state index is 0.788. The average Bonchev–Trinajstić information content (AvgIpc) is 2.81. The van der Waals surface area contributed by atoms with E-state index < -0.39 is 0 Å². The van der Waals surface area contributed by atoms with Gasteiger partial charge in [-0.25, -0.2) is 0 Å². The summed E-state index contributed by atoms with van der Waals surface area (Å²) in [6.45, 7) is 4.15. The fourth-order valence-corrected chi connectivity index (χ4v) is 2.13. The van der Waals surface area contributed by atoms with Crippen LogP contribution in [0.5, 0.6) is 0 Å². The molecular weight excluding hydrogens is 244 g/mol. The third kappa shape index (κ3) is 2.79. The van der Waals surface area contributed by atoms with Crippen molar-refractivity contribution in [2.24, 2.45) is 5.10 Å². The zero-order valence-corrected chi connectivity index (χ0v) is 11.4. The summed E-state index contributed by atoms with van der Waals surface area (Å²) in [5.41, 5.74) is 1.03. The monoisotopic (exact) mass is 260 g/mol. The number of benzene rings is 1. The number of rotatable bonds is 5. The minimum Gasteiger partial charge on any atom is -0.187 e. The molecule has 0 amide bonds. The van der Waals surface area contributed by atoms with E-state index in [1.54, 1.807) is 11.8 Å². The Kier molecular flexibility index (Phi) is 4.52. The van der Waals surface area contributed by atoms with Gasteiger partial charge in [0.05, 0.1) is 0 Å². The van der Waals surface area contributed by atoms with Crippen molar-refractivity contribution in [3.05, 3.63) is 30.3 Å². The van der Waals surface area contributed by atoms with Gasteiger partial charge in [0, 0.05) is 11.8 Å². The smallest absolute Gasteiger partial charge is 0.187 e. The van der Waals surface area contributed by atoms with E-state index in [4.69, 9.17) is 0 Å².